The lowest BCUT2D eigenvalue weighted by molar-refractivity contribution is 0.0376. The molecule has 0 unspecified atom stereocenters. The number of hydrogen-bond donors (Lipinski definition) is 2. The number of ether oxygens (including phenoxy) is 1. The van der Waals surface area contributed by atoms with Crippen molar-refractivity contribution in [2.75, 3.05) is 45.1 Å². The van der Waals surface area contributed by atoms with Gasteiger partial charge >= 0.3 is 0 Å². The Morgan fingerprint density at radius 2 is 2.10 bits per heavy atom. The van der Waals surface area contributed by atoms with Gasteiger partial charge in [-0.3, -0.25) is 9.88 Å². The van der Waals surface area contributed by atoms with Crippen molar-refractivity contribution in [1.29, 1.82) is 0 Å². The fourth-order valence-electron chi connectivity index (χ4n) is 2.00. The zero-order valence-corrected chi connectivity index (χ0v) is 12.1. The summed E-state index contributed by atoms with van der Waals surface area (Å²) >= 11 is 0. The molecule has 112 valence electrons. The number of nitrogens with zero attached hydrogens (tertiary/aromatic N) is 2. The molecule has 0 radical (unpaired) electrons. The minimum atomic E-state index is -3.52. The molecule has 7 nitrogen and oxygen atoms in total. The number of aromatic nitrogens is 1. The van der Waals surface area contributed by atoms with Crippen molar-refractivity contribution in [3.8, 4) is 0 Å². The first-order valence-electron chi connectivity index (χ1n) is 6.58. The summed E-state index contributed by atoms with van der Waals surface area (Å²) in [5.74, 6) is 0. The lowest BCUT2D eigenvalue weighted by atomic mass is 10.3. The molecule has 1 saturated heterocycles. The van der Waals surface area contributed by atoms with E-state index in [0.717, 1.165) is 39.3 Å². The number of sulfonamides is 1. The van der Waals surface area contributed by atoms with Crippen LogP contribution in [-0.2, 0) is 14.8 Å². The van der Waals surface area contributed by atoms with Gasteiger partial charge in [0.15, 0.2) is 0 Å². The number of nitrogens with two attached hydrogens (primary N) is 1. The minimum Gasteiger partial charge on any atom is -0.397 e. The first-order valence-corrected chi connectivity index (χ1v) is 8.06. The molecule has 1 fully saturated rings. The van der Waals surface area contributed by atoms with E-state index >= 15 is 0 Å². The lowest BCUT2D eigenvalue weighted by Gasteiger charge is -2.26. The van der Waals surface area contributed by atoms with Gasteiger partial charge in [0.05, 0.1) is 18.9 Å². The monoisotopic (exact) mass is 300 g/mol. The molecular weight excluding hydrogens is 280 g/mol. The molecule has 8 heteroatoms. The first kappa shape index (κ1) is 15.2. The van der Waals surface area contributed by atoms with Crippen LogP contribution in [0.5, 0.6) is 0 Å². The van der Waals surface area contributed by atoms with Crippen LogP contribution in [-0.4, -0.2) is 57.7 Å². The Bertz CT molecular complexity index is 529. The first-order chi connectivity index (χ1) is 9.58. The SMILES string of the molecule is Nc1cncc(S(=O)(=O)NCCCN2CCOCC2)c1. The van der Waals surface area contributed by atoms with Crippen LogP contribution in [0.2, 0.25) is 0 Å². The highest BCUT2D eigenvalue weighted by Crippen LogP contribution is 2.10. The highest BCUT2D eigenvalue weighted by atomic mass is 32.2. The van der Waals surface area contributed by atoms with Crippen LogP contribution in [0.15, 0.2) is 23.4 Å². The van der Waals surface area contributed by atoms with Crippen LogP contribution >= 0.6 is 0 Å². The second-order valence-corrected chi connectivity index (χ2v) is 6.43. The largest absolute Gasteiger partial charge is 0.397 e. The Hall–Kier alpha value is -1.22. The summed E-state index contributed by atoms with van der Waals surface area (Å²) in [7, 11) is -3.52. The van der Waals surface area contributed by atoms with Gasteiger partial charge in [-0.05, 0) is 19.0 Å². The van der Waals surface area contributed by atoms with Crippen LogP contribution in [0.3, 0.4) is 0 Å². The van der Waals surface area contributed by atoms with Gasteiger partial charge in [0.25, 0.3) is 0 Å². The number of hydrogen-bond acceptors (Lipinski definition) is 6. The van der Waals surface area contributed by atoms with Crippen molar-refractivity contribution in [3.05, 3.63) is 18.5 Å². The normalized spacial score (nSPS) is 17.2. The third kappa shape index (κ3) is 4.41. The van der Waals surface area contributed by atoms with Gasteiger partial charge in [-0.25, -0.2) is 13.1 Å². The van der Waals surface area contributed by atoms with E-state index in [1.807, 2.05) is 0 Å². The molecule has 1 aromatic heterocycles. The fourth-order valence-corrected chi connectivity index (χ4v) is 3.07. The van der Waals surface area contributed by atoms with E-state index in [1.165, 1.54) is 18.5 Å². The van der Waals surface area contributed by atoms with E-state index < -0.39 is 10.0 Å². The molecular formula is C12H20N4O3S. The minimum absolute atomic E-state index is 0.101. The fraction of sp³-hybridized carbons (Fsp3) is 0.583. The lowest BCUT2D eigenvalue weighted by Crippen LogP contribution is -2.38. The Morgan fingerprint density at radius 1 is 1.35 bits per heavy atom. The molecule has 0 bridgehead atoms. The Morgan fingerprint density at radius 3 is 2.80 bits per heavy atom. The summed E-state index contributed by atoms with van der Waals surface area (Å²) in [6.07, 6.45) is 3.47. The van der Waals surface area contributed by atoms with E-state index in [4.69, 9.17) is 10.5 Å². The van der Waals surface area contributed by atoms with E-state index in [-0.39, 0.29) is 4.90 Å². The van der Waals surface area contributed by atoms with Gasteiger partial charge in [-0.1, -0.05) is 0 Å². The molecule has 2 rings (SSSR count). The van der Waals surface area contributed by atoms with Crippen molar-refractivity contribution < 1.29 is 13.2 Å². The maximum Gasteiger partial charge on any atom is 0.242 e. The average Bonchev–Trinajstić information content (AvgIpc) is 2.45. The quantitative estimate of drug-likeness (QED) is 0.698. The summed E-state index contributed by atoms with van der Waals surface area (Å²) in [5, 5.41) is 0. The maximum atomic E-state index is 12.0. The molecule has 1 aromatic rings. The summed E-state index contributed by atoms with van der Waals surface area (Å²) < 4.78 is 31.8. The molecule has 20 heavy (non-hydrogen) atoms. The number of nitrogen functional groups attached to an aromatic ring is 1. The molecule has 0 atom stereocenters. The van der Waals surface area contributed by atoms with Crippen molar-refractivity contribution in [3.63, 3.8) is 0 Å². The van der Waals surface area contributed by atoms with Gasteiger partial charge < -0.3 is 10.5 Å². The van der Waals surface area contributed by atoms with Gasteiger partial charge in [0.1, 0.15) is 4.90 Å². The zero-order chi connectivity index (χ0) is 14.4. The van der Waals surface area contributed by atoms with Crippen LogP contribution in [0.25, 0.3) is 0 Å². The smallest absolute Gasteiger partial charge is 0.242 e. The van der Waals surface area contributed by atoms with Crippen molar-refractivity contribution in [2.45, 2.75) is 11.3 Å². The van der Waals surface area contributed by atoms with Gasteiger partial charge in [-0.15, -0.1) is 0 Å². The summed E-state index contributed by atoms with van der Waals surface area (Å²) in [6.45, 7) is 4.58. The van der Waals surface area contributed by atoms with Crippen LogP contribution < -0.4 is 10.5 Å². The van der Waals surface area contributed by atoms with Gasteiger partial charge in [0, 0.05) is 32.0 Å². The summed E-state index contributed by atoms with van der Waals surface area (Å²) in [6, 6.07) is 1.40. The molecule has 0 aromatic carbocycles. The second kappa shape index (κ2) is 6.98. The molecule has 0 spiro atoms. The van der Waals surface area contributed by atoms with E-state index in [9.17, 15) is 8.42 Å². The second-order valence-electron chi connectivity index (χ2n) is 4.66. The molecule has 0 saturated carbocycles. The Labute approximate surface area is 119 Å². The number of pyridine rings is 1. The molecule has 1 aliphatic heterocycles. The molecule has 2 heterocycles. The number of anilines is 1. The third-order valence-corrected chi connectivity index (χ3v) is 4.52. The van der Waals surface area contributed by atoms with Crippen LogP contribution in [0, 0.1) is 0 Å². The standard InChI is InChI=1S/C12H20N4O3S/c13-11-8-12(10-14-9-11)20(17,18)15-2-1-3-16-4-6-19-7-5-16/h8-10,15H,1-7,13H2. The molecule has 1 aliphatic rings. The van der Waals surface area contributed by atoms with Crippen molar-refractivity contribution in [2.24, 2.45) is 0 Å². The van der Waals surface area contributed by atoms with E-state index in [0.29, 0.717) is 12.2 Å². The molecule has 0 amide bonds. The maximum absolute atomic E-state index is 12.0. The summed E-state index contributed by atoms with van der Waals surface area (Å²) in [5.41, 5.74) is 5.87. The zero-order valence-electron chi connectivity index (χ0n) is 11.3. The summed E-state index contributed by atoms with van der Waals surface area (Å²) in [4.78, 5) is 6.15. The number of rotatable bonds is 6. The van der Waals surface area contributed by atoms with Crippen LogP contribution in [0.1, 0.15) is 6.42 Å². The Kier molecular flexibility index (Phi) is 5.30. The van der Waals surface area contributed by atoms with Crippen molar-refractivity contribution in [1.82, 2.24) is 14.6 Å². The predicted octanol–water partition coefficient (Wildman–Crippen LogP) is -0.336. The highest BCUT2D eigenvalue weighted by Gasteiger charge is 2.15. The van der Waals surface area contributed by atoms with Gasteiger partial charge in [0.2, 0.25) is 10.0 Å². The third-order valence-electron chi connectivity index (χ3n) is 3.09. The van der Waals surface area contributed by atoms with E-state index in [1.54, 1.807) is 0 Å². The topological polar surface area (TPSA) is 97.5 Å². The van der Waals surface area contributed by atoms with E-state index in [2.05, 4.69) is 14.6 Å². The van der Waals surface area contributed by atoms with Crippen LogP contribution in [0.4, 0.5) is 5.69 Å². The number of nitrogens with one attached hydrogen (secondary N) is 1. The number of morpholine rings is 1. The molecule has 0 aliphatic carbocycles. The average molecular weight is 300 g/mol. The highest BCUT2D eigenvalue weighted by molar-refractivity contribution is 7.89. The predicted molar refractivity (Wildman–Crippen MR) is 75.7 cm³/mol. The van der Waals surface area contributed by atoms with Crippen molar-refractivity contribution >= 4 is 15.7 Å². The Balaban J connectivity index is 1.78. The van der Waals surface area contributed by atoms with Gasteiger partial charge in [-0.2, -0.15) is 0 Å². The molecule has 3 N–H and O–H groups in total.